The quantitative estimate of drug-likeness (QED) is 0.650. The molecule has 1 amide bonds. The van der Waals surface area contributed by atoms with Gasteiger partial charge < -0.3 is 9.73 Å². The Bertz CT molecular complexity index is 829. The van der Waals surface area contributed by atoms with E-state index in [0.717, 1.165) is 49.2 Å². The minimum atomic E-state index is 0.0997. The van der Waals surface area contributed by atoms with Crippen LogP contribution in [0.1, 0.15) is 13.3 Å². The Hall–Kier alpha value is -1.55. The van der Waals surface area contributed by atoms with Crippen LogP contribution in [0.3, 0.4) is 0 Å². The van der Waals surface area contributed by atoms with Crippen LogP contribution < -0.4 is 5.32 Å². The molecular formula is C18H24BrN5O2S. The molecule has 1 fully saturated rings. The van der Waals surface area contributed by atoms with Crippen LogP contribution in [0, 0.1) is 4.84 Å². The van der Waals surface area contributed by atoms with Gasteiger partial charge in [0.2, 0.25) is 11.8 Å². The predicted molar refractivity (Wildman–Crippen MR) is 110 cm³/mol. The van der Waals surface area contributed by atoms with Gasteiger partial charge in [0.15, 0.2) is 0 Å². The highest BCUT2D eigenvalue weighted by atomic mass is 79.9. The average Bonchev–Trinajstić information content (AvgIpc) is 3.02. The van der Waals surface area contributed by atoms with E-state index < -0.39 is 0 Å². The van der Waals surface area contributed by atoms with E-state index in [9.17, 15) is 4.79 Å². The molecule has 2 heterocycles. The number of amides is 1. The highest BCUT2D eigenvalue weighted by Crippen LogP contribution is 2.22. The summed E-state index contributed by atoms with van der Waals surface area (Å²) in [6, 6.07) is 7.79. The standard InChI is InChI=1S/C18H24BrN5O2S/c1-2-6-20-16(25)12-22-7-9-23(10-8-22)13-24-18(27)26-17(21-24)14-4-3-5-15(19)11-14/h3-5,11H,2,6-10,12-13H2,1H3,(H,20,25). The van der Waals surface area contributed by atoms with Crippen molar-refractivity contribution in [1.29, 1.82) is 0 Å². The number of carbonyl (C=O) groups is 1. The lowest BCUT2D eigenvalue weighted by Crippen LogP contribution is -2.49. The summed E-state index contributed by atoms with van der Waals surface area (Å²) in [6.07, 6.45) is 0.958. The van der Waals surface area contributed by atoms with Crippen LogP contribution in [0.4, 0.5) is 0 Å². The minimum Gasteiger partial charge on any atom is -0.409 e. The zero-order valence-corrected chi connectivity index (χ0v) is 17.8. The lowest BCUT2D eigenvalue weighted by atomic mass is 10.2. The molecule has 1 aliphatic heterocycles. The first-order chi connectivity index (χ1) is 13.0. The molecule has 0 unspecified atom stereocenters. The lowest BCUT2D eigenvalue weighted by molar-refractivity contribution is -0.122. The van der Waals surface area contributed by atoms with Gasteiger partial charge in [0.05, 0.1) is 13.2 Å². The van der Waals surface area contributed by atoms with Crippen LogP contribution in [0.25, 0.3) is 11.5 Å². The molecule has 3 rings (SSSR count). The van der Waals surface area contributed by atoms with Gasteiger partial charge in [-0.2, -0.15) is 0 Å². The van der Waals surface area contributed by atoms with Gasteiger partial charge in [-0.05, 0) is 36.8 Å². The highest BCUT2D eigenvalue weighted by molar-refractivity contribution is 9.10. The van der Waals surface area contributed by atoms with Gasteiger partial charge in [0.1, 0.15) is 0 Å². The van der Waals surface area contributed by atoms with E-state index in [4.69, 9.17) is 16.6 Å². The molecule has 1 saturated heterocycles. The molecule has 27 heavy (non-hydrogen) atoms. The fourth-order valence-electron chi connectivity index (χ4n) is 2.94. The van der Waals surface area contributed by atoms with Crippen molar-refractivity contribution < 1.29 is 9.21 Å². The molecule has 0 aliphatic carbocycles. The first-order valence-corrected chi connectivity index (χ1v) is 10.3. The number of nitrogens with zero attached hydrogens (tertiary/aromatic N) is 4. The summed E-state index contributed by atoms with van der Waals surface area (Å²) < 4.78 is 8.35. The minimum absolute atomic E-state index is 0.0997. The Kier molecular flexibility index (Phi) is 7.17. The maximum atomic E-state index is 11.8. The van der Waals surface area contributed by atoms with Crippen molar-refractivity contribution in [3.05, 3.63) is 33.6 Å². The van der Waals surface area contributed by atoms with E-state index >= 15 is 0 Å². The summed E-state index contributed by atoms with van der Waals surface area (Å²) in [5.74, 6) is 0.621. The number of piperazine rings is 1. The van der Waals surface area contributed by atoms with Crippen molar-refractivity contribution in [2.24, 2.45) is 0 Å². The molecule has 146 valence electrons. The summed E-state index contributed by atoms with van der Waals surface area (Å²) in [4.78, 5) is 16.7. The summed E-state index contributed by atoms with van der Waals surface area (Å²) in [6.45, 7) is 7.27. The van der Waals surface area contributed by atoms with Gasteiger partial charge in [-0.15, -0.1) is 5.10 Å². The molecule has 0 radical (unpaired) electrons. The molecule has 0 spiro atoms. The number of rotatable bonds is 7. The highest BCUT2D eigenvalue weighted by Gasteiger charge is 2.20. The average molecular weight is 454 g/mol. The molecule has 0 saturated carbocycles. The number of hydrogen-bond donors (Lipinski definition) is 1. The number of hydrogen-bond acceptors (Lipinski definition) is 6. The first kappa shape index (κ1) is 20.2. The van der Waals surface area contributed by atoms with E-state index in [1.807, 2.05) is 24.3 Å². The smallest absolute Gasteiger partial charge is 0.288 e. The molecule has 1 N–H and O–H groups in total. The van der Waals surface area contributed by atoms with Crippen molar-refractivity contribution in [3.63, 3.8) is 0 Å². The summed E-state index contributed by atoms with van der Waals surface area (Å²) in [5, 5.41) is 7.44. The molecule has 1 aliphatic rings. The zero-order chi connectivity index (χ0) is 19.2. The Morgan fingerprint density at radius 2 is 2.04 bits per heavy atom. The van der Waals surface area contributed by atoms with Gasteiger partial charge >= 0.3 is 0 Å². The Morgan fingerprint density at radius 1 is 1.30 bits per heavy atom. The topological polar surface area (TPSA) is 66.5 Å². The maximum Gasteiger partial charge on any atom is 0.288 e. The second-order valence-electron chi connectivity index (χ2n) is 6.57. The second kappa shape index (κ2) is 9.59. The SMILES string of the molecule is CCCNC(=O)CN1CCN(Cn2nc(-c3cccc(Br)c3)oc2=S)CC1. The van der Waals surface area contributed by atoms with E-state index in [1.165, 1.54) is 0 Å². The second-order valence-corrected chi connectivity index (χ2v) is 7.83. The number of benzene rings is 1. The van der Waals surface area contributed by atoms with E-state index in [2.05, 4.69) is 43.1 Å². The lowest BCUT2D eigenvalue weighted by Gasteiger charge is -2.33. The fourth-order valence-corrected chi connectivity index (χ4v) is 3.51. The largest absolute Gasteiger partial charge is 0.409 e. The van der Waals surface area contributed by atoms with Gasteiger partial charge in [-0.3, -0.25) is 14.6 Å². The van der Waals surface area contributed by atoms with Crippen molar-refractivity contribution in [2.45, 2.75) is 20.0 Å². The molecule has 7 nitrogen and oxygen atoms in total. The third-order valence-corrected chi connectivity index (χ3v) is 5.20. The summed E-state index contributed by atoms with van der Waals surface area (Å²) in [7, 11) is 0. The van der Waals surface area contributed by atoms with Gasteiger partial charge in [0.25, 0.3) is 4.84 Å². The molecule has 9 heteroatoms. The normalized spacial score (nSPS) is 15.8. The van der Waals surface area contributed by atoms with Crippen molar-refractivity contribution >= 4 is 34.1 Å². The molecule has 1 aromatic carbocycles. The fraction of sp³-hybridized carbons (Fsp3) is 0.500. The van der Waals surface area contributed by atoms with Crippen LogP contribution in [-0.2, 0) is 11.5 Å². The monoisotopic (exact) mass is 453 g/mol. The third kappa shape index (κ3) is 5.71. The Labute approximate surface area is 172 Å². The molecule has 0 bridgehead atoms. The van der Waals surface area contributed by atoms with Gasteiger partial charge in [0, 0.05) is 42.8 Å². The van der Waals surface area contributed by atoms with Gasteiger partial charge in [-0.25, -0.2) is 4.68 Å². The molecule has 0 atom stereocenters. The summed E-state index contributed by atoms with van der Waals surface area (Å²) in [5.41, 5.74) is 0.886. The van der Waals surface area contributed by atoms with Gasteiger partial charge in [-0.1, -0.05) is 28.9 Å². The predicted octanol–water partition coefficient (Wildman–Crippen LogP) is 2.74. The van der Waals surface area contributed by atoms with Crippen LogP contribution >= 0.6 is 28.1 Å². The number of nitrogens with one attached hydrogen (secondary N) is 1. The Balaban J connectivity index is 1.54. The van der Waals surface area contributed by atoms with Crippen molar-refractivity contribution in [2.75, 3.05) is 39.3 Å². The van der Waals surface area contributed by atoms with Crippen LogP contribution in [-0.4, -0.2) is 64.8 Å². The van der Waals surface area contributed by atoms with Crippen LogP contribution in [0.15, 0.2) is 33.2 Å². The zero-order valence-electron chi connectivity index (χ0n) is 15.4. The number of carbonyl (C=O) groups excluding carboxylic acids is 1. The van der Waals surface area contributed by atoms with Crippen molar-refractivity contribution in [1.82, 2.24) is 24.9 Å². The molecule has 1 aromatic heterocycles. The summed E-state index contributed by atoms with van der Waals surface area (Å²) >= 11 is 8.78. The first-order valence-electron chi connectivity index (χ1n) is 9.10. The van der Waals surface area contributed by atoms with Crippen LogP contribution in [0.5, 0.6) is 0 Å². The number of halogens is 1. The molecular weight excluding hydrogens is 430 g/mol. The van der Waals surface area contributed by atoms with Crippen molar-refractivity contribution in [3.8, 4) is 11.5 Å². The molecule has 2 aromatic rings. The van der Waals surface area contributed by atoms with Crippen LogP contribution in [0.2, 0.25) is 0 Å². The van der Waals surface area contributed by atoms with E-state index in [0.29, 0.717) is 23.9 Å². The van der Waals surface area contributed by atoms with E-state index in [1.54, 1.807) is 4.68 Å². The maximum absolute atomic E-state index is 11.8. The third-order valence-electron chi connectivity index (χ3n) is 4.42. The number of aromatic nitrogens is 2. The Morgan fingerprint density at radius 3 is 2.74 bits per heavy atom. The van der Waals surface area contributed by atoms with E-state index in [-0.39, 0.29) is 5.91 Å².